The third-order valence-corrected chi connectivity index (χ3v) is 9.02. The van der Waals surface area contributed by atoms with Gasteiger partial charge in [0.25, 0.3) is 11.8 Å². The van der Waals surface area contributed by atoms with Crippen LogP contribution in [0.4, 0.5) is 20.2 Å². The molecule has 3 heterocycles. The number of carbonyl (C=O) groups is 3. The van der Waals surface area contributed by atoms with Gasteiger partial charge in [-0.2, -0.15) is 0 Å². The second kappa shape index (κ2) is 13.1. The number of hydrogen-bond acceptors (Lipinski definition) is 7. The minimum atomic E-state index is -1.31. The Kier molecular flexibility index (Phi) is 8.92. The monoisotopic (exact) mass is 652 g/mol. The fourth-order valence-corrected chi connectivity index (χ4v) is 6.50. The molecule has 0 radical (unpaired) electrons. The number of oxime groups is 1. The van der Waals surface area contributed by atoms with Gasteiger partial charge in [0.2, 0.25) is 6.10 Å². The van der Waals surface area contributed by atoms with Gasteiger partial charge in [0.15, 0.2) is 5.82 Å². The number of nitrogens with one attached hydrogen (secondary N) is 1. The summed E-state index contributed by atoms with van der Waals surface area (Å²) >= 11 is 5.94. The first kappa shape index (κ1) is 31.4. The number of piperidine rings is 1. The molecule has 0 bridgehead atoms. The summed E-state index contributed by atoms with van der Waals surface area (Å²) in [6.45, 7) is 1.66. The molecular weight excluding hydrogens is 622 g/mol. The van der Waals surface area contributed by atoms with Crippen molar-refractivity contribution in [2.24, 2.45) is 5.16 Å². The summed E-state index contributed by atoms with van der Waals surface area (Å²) in [5.74, 6) is -4.15. The lowest BCUT2D eigenvalue weighted by Crippen LogP contribution is -2.49. The number of hydrogen-bond donors (Lipinski definition) is 2. The number of carbonyl (C=O) groups excluding carboxylic acids is 2. The van der Waals surface area contributed by atoms with E-state index >= 15 is 0 Å². The lowest BCUT2D eigenvalue weighted by Gasteiger charge is -2.40. The maximum Gasteiger partial charge on any atom is 0.335 e. The van der Waals surface area contributed by atoms with Crippen LogP contribution in [0.2, 0.25) is 5.02 Å². The average molecular weight is 653 g/mol. The van der Waals surface area contributed by atoms with Gasteiger partial charge in [-0.1, -0.05) is 35.0 Å². The van der Waals surface area contributed by atoms with Crippen molar-refractivity contribution in [1.82, 2.24) is 4.90 Å². The highest BCUT2D eigenvalue weighted by molar-refractivity contribution is 6.31. The van der Waals surface area contributed by atoms with Crippen molar-refractivity contribution in [3.05, 3.63) is 93.5 Å². The van der Waals surface area contributed by atoms with Crippen molar-refractivity contribution in [3.63, 3.8) is 0 Å². The third kappa shape index (κ3) is 6.02. The summed E-state index contributed by atoms with van der Waals surface area (Å²) in [6.07, 6.45) is 1.12. The number of nitrogens with zero attached hydrogens (tertiary/aromatic N) is 3. The molecule has 46 heavy (non-hydrogen) atoms. The molecule has 0 saturated carbocycles. The summed E-state index contributed by atoms with van der Waals surface area (Å²) in [5, 5.41) is 15.7. The first-order valence-corrected chi connectivity index (χ1v) is 15.2. The number of ether oxygens (including phenoxy) is 1. The Labute approximate surface area is 268 Å². The maximum atomic E-state index is 14.9. The van der Waals surface area contributed by atoms with E-state index < -0.39 is 41.6 Å². The molecule has 6 rings (SSSR count). The molecule has 1 saturated heterocycles. The van der Waals surface area contributed by atoms with Crippen LogP contribution in [-0.2, 0) is 25.6 Å². The molecule has 13 heteroatoms. The van der Waals surface area contributed by atoms with Crippen molar-refractivity contribution in [2.75, 3.05) is 37.0 Å². The number of amides is 2. The maximum absolute atomic E-state index is 14.9. The van der Waals surface area contributed by atoms with E-state index in [1.54, 1.807) is 19.2 Å². The molecule has 240 valence electrons. The second-order valence-corrected chi connectivity index (χ2v) is 11.8. The van der Waals surface area contributed by atoms with E-state index in [4.69, 9.17) is 21.2 Å². The number of fused-ring (bicyclic) bond motifs is 1. The predicted octanol–water partition coefficient (Wildman–Crippen LogP) is 5.19. The molecule has 0 spiro atoms. The number of aromatic carboxylic acids is 1. The molecular formula is C33H31ClF2N4O6. The molecule has 1 fully saturated rings. The summed E-state index contributed by atoms with van der Waals surface area (Å²) in [7, 11) is 1.70. The van der Waals surface area contributed by atoms with Crippen LogP contribution in [0.15, 0.2) is 59.8 Å². The largest absolute Gasteiger partial charge is 0.478 e. The van der Waals surface area contributed by atoms with Gasteiger partial charge in [-0.25, -0.2) is 13.6 Å². The van der Waals surface area contributed by atoms with Crippen LogP contribution >= 0.6 is 11.6 Å². The molecule has 2 N–H and O–H groups in total. The Hall–Kier alpha value is -4.55. The molecule has 3 aromatic rings. The fourth-order valence-electron chi connectivity index (χ4n) is 6.33. The number of carboxylic acid groups (broad SMARTS) is 1. The van der Waals surface area contributed by atoms with Crippen molar-refractivity contribution >= 4 is 46.5 Å². The number of methoxy groups -OCH3 is 1. The van der Waals surface area contributed by atoms with Gasteiger partial charge < -0.3 is 29.8 Å². The molecule has 3 aliphatic heterocycles. The molecule has 0 aliphatic carbocycles. The van der Waals surface area contributed by atoms with E-state index in [0.717, 1.165) is 43.2 Å². The number of benzene rings is 3. The minimum absolute atomic E-state index is 0.0481. The average Bonchev–Trinajstić information content (AvgIpc) is 3.56. The first-order valence-electron chi connectivity index (χ1n) is 14.9. The number of halogens is 3. The highest BCUT2D eigenvalue weighted by Gasteiger charge is 2.42. The van der Waals surface area contributed by atoms with Crippen LogP contribution in [0.1, 0.15) is 52.4 Å². The van der Waals surface area contributed by atoms with Crippen molar-refractivity contribution < 1.29 is 37.8 Å². The zero-order valence-corrected chi connectivity index (χ0v) is 25.6. The fraction of sp³-hybridized carbons (Fsp3) is 0.333. The molecule has 2 amide bonds. The Morgan fingerprint density at radius 2 is 1.83 bits per heavy atom. The molecule has 10 nitrogen and oxygen atoms in total. The van der Waals surface area contributed by atoms with Gasteiger partial charge in [-0.3, -0.25) is 9.59 Å². The zero-order valence-electron chi connectivity index (χ0n) is 24.8. The van der Waals surface area contributed by atoms with Gasteiger partial charge in [0.05, 0.1) is 28.1 Å². The van der Waals surface area contributed by atoms with Crippen LogP contribution in [0, 0.1) is 11.6 Å². The van der Waals surface area contributed by atoms with Crippen LogP contribution in [0.3, 0.4) is 0 Å². The standard InChI is InChI=1S/C33H31ClF2N4O6/c1-45-19-10-13-39(14-11-19)27-7-3-4-21-20(27)12-15-40(30(21)31(41)37-25-9-8-18(33(43)44)16-24(25)35)32(42)28-17-26(38-46-28)22-5-2-6-23(34)29(22)36/h2-9,16,19,28,30H,10-15,17H2,1H3,(H,37,41)(H,43,44)/t28?,30-/m1/s1. The number of anilines is 2. The van der Waals surface area contributed by atoms with E-state index in [9.17, 15) is 28.3 Å². The van der Waals surface area contributed by atoms with Gasteiger partial charge >= 0.3 is 5.97 Å². The molecule has 3 aliphatic rings. The Balaban J connectivity index is 1.31. The quantitative estimate of drug-likeness (QED) is 0.361. The first-order chi connectivity index (χ1) is 22.2. The van der Waals surface area contributed by atoms with E-state index in [1.165, 1.54) is 29.2 Å². The van der Waals surface area contributed by atoms with Crippen LogP contribution in [0.5, 0.6) is 0 Å². The Morgan fingerprint density at radius 1 is 1.07 bits per heavy atom. The van der Waals surface area contributed by atoms with Crippen molar-refractivity contribution in [3.8, 4) is 0 Å². The number of carboxylic acids is 1. The molecule has 3 aromatic carbocycles. The minimum Gasteiger partial charge on any atom is -0.478 e. The normalized spacial score (nSPS) is 19.7. The Morgan fingerprint density at radius 3 is 2.54 bits per heavy atom. The predicted molar refractivity (Wildman–Crippen MR) is 166 cm³/mol. The SMILES string of the molecule is COC1CCN(c2cccc3c2CCN(C(=O)C2CC(c4cccc(Cl)c4F)=NO2)[C@H]3C(=O)Nc2ccc(C(=O)O)cc2F)CC1. The lowest BCUT2D eigenvalue weighted by atomic mass is 9.89. The van der Waals surface area contributed by atoms with Crippen LogP contribution in [-0.4, -0.2) is 72.5 Å². The van der Waals surface area contributed by atoms with Gasteiger partial charge in [0, 0.05) is 44.4 Å². The summed E-state index contributed by atoms with van der Waals surface area (Å²) < 4.78 is 35.2. The summed E-state index contributed by atoms with van der Waals surface area (Å²) in [6, 6.07) is 12.0. The third-order valence-electron chi connectivity index (χ3n) is 8.72. The van der Waals surface area contributed by atoms with Crippen LogP contribution < -0.4 is 10.2 Å². The topological polar surface area (TPSA) is 121 Å². The van der Waals surface area contributed by atoms with Crippen LogP contribution in [0.25, 0.3) is 0 Å². The van der Waals surface area contributed by atoms with Gasteiger partial charge in [0.1, 0.15) is 11.9 Å². The highest BCUT2D eigenvalue weighted by Crippen LogP contribution is 2.39. The highest BCUT2D eigenvalue weighted by atomic mass is 35.5. The van der Waals surface area contributed by atoms with Gasteiger partial charge in [-0.05, 0) is 66.8 Å². The van der Waals surface area contributed by atoms with E-state index in [-0.39, 0.29) is 46.6 Å². The van der Waals surface area contributed by atoms with Gasteiger partial charge in [-0.15, -0.1) is 0 Å². The molecule has 0 aromatic heterocycles. The Bertz CT molecular complexity index is 1730. The zero-order chi connectivity index (χ0) is 32.5. The summed E-state index contributed by atoms with van der Waals surface area (Å²) in [5.41, 5.74) is 2.24. The van der Waals surface area contributed by atoms with E-state index in [0.29, 0.717) is 12.0 Å². The molecule has 1 unspecified atom stereocenters. The van der Waals surface area contributed by atoms with Crippen molar-refractivity contribution in [2.45, 2.75) is 43.9 Å². The molecule has 2 atom stereocenters. The second-order valence-electron chi connectivity index (χ2n) is 11.4. The van der Waals surface area contributed by atoms with E-state index in [2.05, 4.69) is 15.4 Å². The lowest BCUT2D eigenvalue weighted by molar-refractivity contribution is -0.148. The smallest absolute Gasteiger partial charge is 0.335 e. The van der Waals surface area contributed by atoms with Crippen molar-refractivity contribution in [1.29, 1.82) is 0 Å². The number of rotatable bonds is 7. The summed E-state index contributed by atoms with van der Waals surface area (Å²) in [4.78, 5) is 48.4. The van der Waals surface area contributed by atoms with E-state index in [1.807, 2.05) is 12.1 Å².